The van der Waals surface area contributed by atoms with Gasteiger partial charge in [-0.15, -0.1) is 0 Å². The van der Waals surface area contributed by atoms with Gasteiger partial charge < -0.3 is 25.1 Å². The molecule has 2 fully saturated rings. The van der Waals surface area contributed by atoms with Crippen molar-refractivity contribution in [3.8, 4) is 0 Å². The van der Waals surface area contributed by atoms with Crippen LogP contribution in [-0.2, 0) is 4.84 Å². The third-order valence-electron chi connectivity index (χ3n) is 5.92. The summed E-state index contributed by atoms with van der Waals surface area (Å²) in [6.45, 7) is 3.10. The fourth-order valence-electron chi connectivity index (χ4n) is 4.01. The molecule has 1 saturated heterocycles. The number of fused-ring (bicyclic) bond motifs is 1. The summed E-state index contributed by atoms with van der Waals surface area (Å²) in [5.74, 6) is -1.88. The Kier molecular flexibility index (Phi) is 4.97. The van der Waals surface area contributed by atoms with Crippen LogP contribution in [0.3, 0.4) is 0 Å². The van der Waals surface area contributed by atoms with Gasteiger partial charge in [0.05, 0.1) is 11.1 Å². The van der Waals surface area contributed by atoms with Crippen LogP contribution in [0.5, 0.6) is 0 Å². The number of hydrogen-bond acceptors (Lipinski definition) is 7. The molecule has 10 heteroatoms. The van der Waals surface area contributed by atoms with Gasteiger partial charge in [0.2, 0.25) is 5.43 Å². The maximum absolute atomic E-state index is 15.1. The molecule has 3 N–H and O–H groups in total. The van der Waals surface area contributed by atoms with E-state index in [1.807, 2.05) is 6.92 Å². The molecule has 4 rings (SSSR count). The summed E-state index contributed by atoms with van der Waals surface area (Å²) in [5, 5.41) is 13.4. The summed E-state index contributed by atoms with van der Waals surface area (Å²) in [7, 11) is 1.48. The summed E-state index contributed by atoms with van der Waals surface area (Å²) in [6, 6.07) is 1.16. The molecule has 1 unspecified atom stereocenters. The number of anilines is 1. The molecule has 0 aromatic carbocycles. The maximum Gasteiger partial charge on any atom is 0.341 e. The number of nitrogens with two attached hydrogens (primary N) is 1. The van der Waals surface area contributed by atoms with Crippen LogP contribution >= 0.6 is 0 Å². The van der Waals surface area contributed by atoms with E-state index >= 15 is 4.39 Å². The number of carboxylic acid groups (broad SMARTS) is 1. The van der Waals surface area contributed by atoms with Crippen molar-refractivity contribution in [1.29, 1.82) is 0 Å². The molecule has 1 aliphatic heterocycles. The number of carbonyl (C=O) groups is 1. The molecule has 30 heavy (non-hydrogen) atoms. The minimum atomic E-state index is -1.33. The summed E-state index contributed by atoms with van der Waals surface area (Å²) >= 11 is 0. The van der Waals surface area contributed by atoms with Gasteiger partial charge in [-0.25, -0.2) is 14.2 Å². The number of hydrogen-bond donors (Lipinski definition) is 2. The largest absolute Gasteiger partial charge is 0.477 e. The Bertz CT molecular complexity index is 1110. The van der Waals surface area contributed by atoms with Gasteiger partial charge >= 0.3 is 5.97 Å². The Morgan fingerprint density at radius 2 is 2.23 bits per heavy atom. The van der Waals surface area contributed by atoms with Crippen LogP contribution in [0.1, 0.15) is 42.6 Å². The summed E-state index contributed by atoms with van der Waals surface area (Å²) in [6.07, 6.45) is 3.57. The summed E-state index contributed by atoms with van der Waals surface area (Å²) in [5.41, 5.74) is 5.48. The van der Waals surface area contributed by atoms with Crippen molar-refractivity contribution in [3.05, 3.63) is 33.9 Å². The Labute approximate surface area is 171 Å². The molecule has 1 atom stereocenters. The number of pyridine rings is 2. The van der Waals surface area contributed by atoms with Crippen molar-refractivity contribution < 1.29 is 19.1 Å². The van der Waals surface area contributed by atoms with Crippen LogP contribution in [0.15, 0.2) is 22.2 Å². The summed E-state index contributed by atoms with van der Waals surface area (Å²) < 4.78 is 16.8. The van der Waals surface area contributed by atoms with Gasteiger partial charge in [-0.2, -0.15) is 0 Å². The fraction of sp³-hybridized carbons (Fsp3) is 0.500. The molecule has 0 bridgehead atoms. The number of rotatable bonds is 5. The van der Waals surface area contributed by atoms with E-state index in [1.165, 1.54) is 13.3 Å². The number of aromatic nitrogens is 2. The lowest BCUT2D eigenvalue weighted by molar-refractivity contribution is 0.0695. The maximum atomic E-state index is 15.1. The SMILES string of the molecule is CO/N=C1/CCN(c2nc3c(cc2F)c(=O)c(C(=O)O)cn3C2CC2)CC1(C)CN. The average molecular weight is 417 g/mol. The third kappa shape index (κ3) is 3.30. The van der Waals surface area contributed by atoms with E-state index in [2.05, 4.69) is 10.1 Å². The van der Waals surface area contributed by atoms with Gasteiger partial charge in [0.1, 0.15) is 18.3 Å². The van der Waals surface area contributed by atoms with Crippen molar-refractivity contribution in [1.82, 2.24) is 9.55 Å². The monoisotopic (exact) mass is 417 g/mol. The molecule has 0 amide bonds. The first kappa shape index (κ1) is 20.3. The predicted molar refractivity (Wildman–Crippen MR) is 110 cm³/mol. The molecule has 2 aromatic rings. The van der Waals surface area contributed by atoms with E-state index in [-0.39, 0.29) is 22.8 Å². The quantitative estimate of drug-likeness (QED) is 0.711. The normalized spacial score (nSPS) is 23.2. The van der Waals surface area contributed by atoms with Crippen molar-refractivity contribution in [2.75, 3.05) is 31.6 Å². The van der Waals surface area contributed by atoms with Crippen molar-refractivity contribution >= 4 is 28.5 Å². The Balaban J connectivity index is 1.83. The molecule has 0 radical (unpaired) electrons. The van der Waals surface area contributed by atoms with Crippen molar-refractivity contribution in [3.63, 3.8) is 0 Å². The zero-order chi connectivity index (χ0) is 21.6. The standard InChI is InChI=1S/C20H24FN5O4/c1-20(9-22)10-25(6-5-15(20)24-30-2)18-14(21)7-12-16(27)13(19(28)29)8-26(11-3-4-11)17(12)23-18/h7-8,11H,3-6,9-10,22H2,1-2H3,(H,28,29)/b24-15-. The second-order valence-corrected chi connectivity index (χ2v) is 8.14. The smallest absolute Gasteiger partial charge is 0.341 e. The lowest BCUT2D eigenvalue weighted by atomic mass is 9.80. The molecule has 160 valence electrons. The van der Waals surface area contributed by atoms with Gasteiger partial charge in [-0.3, -0.25) is 4.79 Å². The van der Waals surface area contributed by atoms with Gasteiger partial charge in [0.25, 0.3) is 0 Å². The van der Waals surface area contributed by atoms with Gasteiger partial charge in [-0.1, -0.05) is 12.1 Å². The first-order valence-corrected chi connectivity index (χ1v) is 9.83. The highest BCUT2D eigenvalue weighted by Crippen LogP contribution is 2.38. The zero-order valence-corrected chi connectivity index (χ0v) is 16.9. The van der Waals surface area contributed by atoms with Crippen LogP contribution in [-0.4, -0.2) is 53.1 Å². The molecular weight excluding hydrogens is 393 g/mol. The number of carboxylic acids is 1. The fourth-order valence-corrected chi connectivity index (χ4v) is 4.01. The Morgan fingerprint density at radius 1 is 1.50 bits per heavy atom. The predicted octanol–water partition coefficient (Wildman–Crippen LogP) is 1.75. The van der Waals surface area contributed by atoms with Crippen LogP contribution in [0.2, 0.25) is 0 Å². The first-order valence-electron chi connectivity index (χ1n) is 9.83. The lowest BCUT2D eigenvalue weighted by Gasteiger charge is -2.41. The second kappa shape index (κ2) is 7.35. The highest BCUT2D eigenvalue weighted by molar-refractivity contribution is 5.93. The van der Waals surface area contributed by atoms with Gasteiger partial charge in [0.15, 0.2) is 11.6 Å². The van der Waals surface area contributed by atoms with Crippen LogP contribution in [0.25, 0.3) is 11.0 Å². The van der Waals surface area contributed by atoms with Crippen molar-refractivity contribution in [2.24, 2.45) is 16.3 Å². The topological polar surface area (TPSA) is 123 Å². The Morgan fingerprint density at radius 3 is 2.83 bits per heavy atom. The molecule has 2 aliphatic rings. The highest BCUT2D eigenvalue weighted by atomic mass is 19.1. The number of nitrogens with zero attached hydrogens (tertiary/aromatic N) is 4. The third-order valence-corrected chi connectivity index (χ3v) is 5.92. The molecule has 2 aromatic heterocycles. The van der Waals surface area contributed by atoms with Crippen molar-refractivity contribution in [2.45, 2.75) is 32.2 Å². The number of oxime groups is 1. The number of halogens is 1. The zero-order valence-electron chi connectivity index (χ0n) is 16.9. The summed E-state index contributed by atoms with van der Waals surface area (Å²) in [4.78, 5) is 35.3. The lowest BCUT2D eigenvalue weighted by Crippen LogP contribution is -2.52. The highest BCUT2D eigenvalue weighted by Gasteiger charge is 2.38. The van der Waals surface area contributed by atoms with Gasteiger partial charge in [-0.05, 0) is 18.9 Å². The molecule has 1 aliphatic carbocycles. The van der Waals surface area contributed by atoms with Crippen LogP contribution < -0.4 is 16.1 Å². The van der Waals surface area contributed by atoms with E-state index < -0.39 is 22.6 Å². The molecule has 1 saturated carbocycles. The van der Waals surface area contributed by atoms with E-state index in [0.717, 1.165) is 24.6 Å². The minimum Gasteiger partial charge on any atom is -0.477 e. The number of piperidine rings is 1. The van der Waals surface area contributed by atoms with E-state index in [1.54, 1.807) is 9.47 Å². The number of aromatic carboxylic acids is 1. The molecule has 0 spiro atoms. The van der Waals surface area contributed by atoms with Crippen LogP contribution in [0.4, 0.5) is 10.2 Å². The second-order valence-electron chi connectivity index (χ2n) is 8.14. The van der Waals surface area contributed by atoms with Gasteiger partial charge in [0, 0.05) is 43.7 Å². The minimum absolute atomic E-state index is 0.0247. The van der Waals surface area contributed by atoms with E-state index in [9.17, 15) is 14.7 Å². The van der Waals surface area contributed by atoms with Crippen LogP contribution in [0, 0.1) is 11.2 Å². The molecule has 9 nitrogen and oxygen atoms in total. The Hall–Kier alpha value is -3.01. The molecular formula is C20H24FN5O4. The average Bonchev–Trinajstić information content (AvgIpc) is 3.55. The first-order chi connectivity index (χ1) is 14.3. The molecule has 3 heterocycles. The van der Waals surface area contributed by atoms with E-state index in [0.29, 0.717) is 31.7 Å². The van der Waals surface area contributed by atoms with E-state index in [4.69, 9.17) is 10.6 Å².